The van der Waals surface area contributed by atoms with Crippen molar-refractivity contribution in [1.29, 1.82) is 0 Å². The van der Waals surface area contributed by atoms with Gasteiger partial charge in [0.2, 0.25) is 0 Å². The number of rotatable bonds is 5. The number of thiophene rings is 1. The van der Waals surface area contributed by atoms with Crippen LogP contribution < -0.4 is 4.74 Å². The van der Waals surface area contributed by atoms with E-state index in [1.165, 1.54) is 30.6 Å². The van der Waals surface area contributed by atoms with Crippen LogP contribution in [0.3, 0.4) is 0 Å². The van der Waals surface area contributed by atoms with Crippen LogP contribution in [0.4, 0.5) is 5.69 Å². The normalized spacial score (nSPS) is 10.3. The van der Waals surface area contributed by atoms with Crippen molar-refractivity contribution < 1.29 is 14.5 Å². The molecule has 0 spiro atoms. The summed E-state index contributed by atoms with van der Waals surface area (Å²) in [7, 11) is 3.23. The lowest BCUT2D eigenvalue weighted by molar-refractivity contribution is -0.384. The molecule has 0 N–H and O–H groups in total. The molecule has 7 heteroatoms. The number of nitro benzene ring substituents is 1. The summed E-state index contributed by atoms with van der Waals surface area (Å²) in [5.74, 6) is 0.441. The zero-order valence-corrected chi connectivity index (χ0v) is 13.3. The maximum atomic E-state index is 12.5. The summed E-state index contributed by atoms with van der Waals surface area (Å²) in [4.78, 5) is 25.8. The number of non-ortho nitro benzene ring substituents is 1. The first kappa shape index (κ1) is 16.0. The number of benzene rings is 1. The third-order valence-electron chi connectivity index (χ3n) is 3.15. The first-order chi connectivity index (χ1) is 10.4. The van der Waals surface area contributed by atoms with Crippen molar-refractivity contribution in [3.8, 4) is 5.75 Å². The number of aryl methyl sites for hydroxylation is 1. The first-order valence-corrected chi connectivity index (χ1v) is 7.37. The number of carbonyl (C=O) groups excluding carboxylic acids is 1. The molecular formula is C15H16N2O4S. The van der Waals surface area contributed by atoms with E-state index in [0.29, 0.717) is 17.2 Å². The summed E-state index contributed by atoms with van der Waals surface area (Å²) in [6.07, 6.45) is 0. The average molecular weight is 320 g/mol. The fourth-order valence-electron chi connectivity index (χ4n) is 2.03. The molecule has 6 nitrogen and oxygen atoms in total. The van der Waals surface area contributed by atoms with E-state index < -0.39 is 4.92 Å². The largest absolute Gasteiger partial charge is 0.495 e. The maximum Gasteiger partial charge on any atom is 0.269 e. The molecule has 0 aliphatic heterocycles. The smallest absolute Gasteiger partial charge is 0.269 e. The highest BCUT2D eigenvalue weighted by Crippen LogP contribution is 2.30. The van der Waals surface area contributed by atoms with Crippen LogP contribution >= 0.6 is 11.3 Å². The average Bonchev–Trinajstić information content (AvgIpc) is 2.88. The molecule has 0 unspecified atom stereocenters. The Morgan fingerprint density at radius 2 is 2.00 bits per heavy atom. The van der Waals surface area contributed by atoms with E-state index in [4.69, 9.17) is 4.74 Å². The second kappa shape index (κ2) is 6.57. The van der Waals surface area contributed by atoms with Gasteiger partial charge in [0.05, 0.1) is 12.0 Å². The van der Waals surface area contributed by atoms with Gasteiger partial charge in [-0.1, -0.05) is 12.1 Å². The number of hydrogen-bond acceptors (Lipinski definition) is 5. The van der Waals surface area contributed by atoms with Crippen LogP contribution in [0.1, 0.15) is 20.1 Å². The highest BCUT2D eigenvalue weighted by Gasteiger charge is 2.20. The molecule has 0 fully saturated rings. The van der Waals surface area contributed by atoms with Gasteiger partial charge in [0, 0.05) is 30.6 Å². The molecule has 1 heterocycles. The number of amides is 1. The molecule has 0 aliphatic rings. The van der Waals surface area contributed by atoms with Crippen LogP contribution in [0.5, 0.6) is 5.75 Å². The van der Waals surface area contributed by atoms with Crippen molar-refractivity contribution in [1.82, 2.24) is 4.90 Å². The van der Waals surface area contributed by atoms with Crippen molar-refractivity contribution in [2.45, 2.75) is 13.5 Å². The fraction of sp³-hybridized carbons (Fsp3) is 0.267. The lowest BCUT2D eigenvalue weighted by Gasteiger charge is -2.17. The van der Waals surface area contributed by atoms with E-state index in [1.54, 1.807) is 24.1 Å². The van der Waals surface area contributed by atoms with Crippen LogP contribution in [0.2, 0.25) is 0 Å². The van der Waals surface area contributed by atoms with E-state index in [0.717, 1.165) is 10.4 Å². The minimum absolute atomic E-state index is 0.0354. The second-order valence-corrected chi connectivity index (χ2v) is 6.10. The molecule has 0 saturated heterocycles. The van der Waals surface area contributed by atoms with Crippen LogP contribution in [-0.4, -0.2) is 29.9 Å². The van der Waals surface area contributed by atoms with Crippen molar-refractivity contribution in [3.05, 3.63) is 55.8 Å². The van der Waals surface area contributed by atoms with Crippen molar-refractivity contribution in [3.63, 3.8) is 0 Å². The van der Waals surface area contributed by atoms with Gasteiger partial charge in [-0.2, -0.15) is 0 Å². The zero-order valence-electron chi connectivity index (χ0n) is 12.5. The first-order valence-electron chi connectivity index (χ1n) is 6.55. The van der Waals surface area contributed by atoms with E-state index in [1.807, 2.05) is 13.0 Å². The molecule has 0 radical (unpaired) electrons. The molecule has 0 aliphatic carbocycles. The molecule has 116 valence electrons. The van der Waals surface area contributed by atoms with Crippen LogP contribution in [0.15, 0.2) is 30.3 Å². The van der Waals surface area contributed by atoms with Gasteiger partial charge in [0.15, 0.2) is 0 Å². The van der Waals surface area contributed by atoms with Gasteiger partial charge in [-0.25, -0.2) is 0 Å². The van der Waals surface area contributed by atoms with Gasteiger partial charge in [-0.05, 0) is 18.6 Å². The Kier molecular flexibility index (Phi) is 4.77. The highest BCUT2D eigenvalue weighted by atomic mass is 32.1. The molecule has 1 amide bonds. The van der Waals surface area contributed by atoms with Crippen LogP contribution in [0, 0.1) is 17.0 Å². The molecule has 0 atom stereocenters. The van der Waals surface area contributed by atoms with E-state index >= 15 is 0 Å². The number of hydrogen-bond donors (Lipinski definition) is 0. The molecular weight excluding hydrogens is 304 g/mol. The summed E-state index contributed by atoms with van der Waals surface area (Å²) in [6, 6.07) is 8.00. The Labute approximate surface area is 132 Å². The van der Waals surface area contributed by atoms with E-state index in [2.05, 4.69) is 0 Å². The third-order valence-corrected chi connectivity index (χ3v) is 4.17. The van der Waals surface area contributed by atoms with E-state index in [-0.39, 0.29) is 11.6 Å². The Bertz CT molecular complexity index is 694. The quantitative estimate of drug-likeness (QED) is 0.626. The van der Waals surface area contributed by atoms with Crippen molar-refractivity contribution in [2.75, 3.05) is 14.2 Å². The molecule has 1 aromatic heterocycles. The number of nitro groups is 1. The minimum atomic E-state index is -0.446. The Morgan fingerprint density at radius 3 is 2.55 bits per heavy atom. The van der Waals surface area contributed by atoms with Crippen LogP contribution in [0.25, 0.3) is 0 Å². The molecule has 2 rings (SSSR count). The minimum Gasteiger partial charge on any atom is -0.495 e. The Hall–Kier alpha value is -2.41. The Morgan fingerprint density at radius 1 is 1.36 bits per heavy atom. The number of methoxy groups -OCH3 is 1. The number of nitrogens with zero attached hydrogens (tertiary/aromatic N) is 2. The van der Waals surface area contributed by atoms with Gasteiger partial charge in [0.1, 0.15) is 10.6 Å². The molecule has 1 aromatic carbocycles. The second-order valence-electron chi connectivity index (χ2n) is 4.84. The lowest BCUT2D eigenvalue weighted by Crippen LogP contribution is -2.25. The van der Waals surface area contributed by atoms with Gasteiger partial charge in [-0.15, -0.1) is 11.3 Å². The fourth-order valence-corrected chi connectivity index (χ4v) is 3.01. The number of carbonyl (C=O) groups is 1. The van der Waals surface area contributed by atoms with Gasteiger partial charge in [-0.3, -0.25) is 14.9 Å². The summed E-state index contributed by atoms with van der Waals surface area (Å²) in [5.41, 5.74) is 0.863. The Balaban J connectivity index is 2.12. The van der Waals surface area contributed by atoms with Gasteiger partial charge < -0.3 is 9.64 Å². The summed E-state index contributed by atoms with van der Waals surface area (Å²) < 4.78 is 5.22. The zero-order chi connectivity index (χ0) is 16.3. The van der Waals surface area contributed by atoms with Gasteiger partial charge >= 0.3 is 0 Å². The maximum absolute atomic E-state index is 12.5. The topological polar surface area (TPSA) is 72.7 Å². The van der Waals surface area contributed by atoms with Crippen molar-refractivity contribution in [2.24, 2.45) is 0 Å². The van der Waals surface area contributed by atoms with Crippen LogP contribution in [-0.2, 0) is 6.54 Å². The van der Waals surface area contributed by atoms with Gasteiger partial charge in [0.25, 0.3) is 11.6 Å². The highest BCUT2D eigenvalue weighted by molar-refractivity contribution is 7.14. The molecule has 0 saturated carbocycles. The SMILES string of the molecule is COc1cc(C)sc1C(=O)N(C)Cc1ccc([N+](=O)[O-])cc1. The lowest BCUT2D eigenvalue weighted by atomic mass is 10.2. The monoisotopic (exact) mass is 320 g/mol. The third kappa shape index (κ3) is 3.43. The predicted octanol–water partition coefficient (Wildman–Crippen LogP) is 3.25. The predicted molar refractivity (Wildman–Crippen MR) is 84.5 cm³/mol. The summed E-state index contributed by atoms with van der Waals surface area (Å²) in [6.45, 7) is 2.29. The number of ether oxygens (including phenoxy) is 1. The summed E-state index contributed by atoms with van der Waals surface area (Å²) in [5, 5.41) is 10.6. The molecule has 22 heavy (non-hydrogen) atoms. The molecule has 0 bridgehead atoms. The standard InChI is InChI=1S/C15H16N2O4S/c1-10-8-13(21-3)14(22-10)15(18)16(2)9-11-4-6-12(7-5-11)17(19)20/h4-8H,9H2,1-3H3. The molecule has 2 aromatic rings. The van der Waals surface area contributed by atoms with E-state index in [9.17, 15) is 14.9 Å². The van der Waals surface area contributed by atoms with Crippen molar-refractivity contribution >= 4 is 22.9 Å². The summed E-state index contributed by atoms with van der Waals surface area (Å²) >= 11 is 1.39.